The number of halogens is 3. The molecule has 1 aliphatic carbocycles. The van der Waals surface area contributed by atoms with E-state index in [2.05, 4.69) is 9.97 Å². The minimum absolute atomic E-state index is 0.00592. The molecule has 0 radical (unpaired) electrons. The molecule has 1 fully saturated rings. The van der Waals surface area contributed by atoms with E-state index < -0.39 is 29.2 Å². The average molecular weight is 367 g/mol. The molecule has 9 heteroatoms. The highest BCUT2D eigenvalue weighted by Crippen LogP contribution is 2.31. The number of hydrogen-bond acceptors (Lipinski definition) is 5. The van der Waals surface area contributed by atoms with Crippen molar-refractivity contribution in [3.8, 4) is 11.5 Å². The zero-order valence-electron chi connectivity index (χ0n) is 13.9. The van der Waals surface area contributed by atoms with Crippen LogP contribution in [0.4, 0.5) is 18.9 Å². The fourth-order valence-corrected chi connectivity index (χ4v) is 2.71. The molecule has 1 saturated carbocycles. The Morgan fingerprint density at radius 2 is 1.88 bits per heavy atom. The number of ether oxygens (including phenoxy) is 2. The summed E-state index contributed by atoms with van der Waals surface area (Å²) >= 11 is 0. The van der Waals surface area contributed by atoms with Crippen molar-refractivity contribution in [2.24, 2.45) is 0 Å². The molecule has 138 valence electrons. The Labute approximate surface area is 147 Å². The minimum Gasteiger partial charge on any atom is -0.491 e. The van der Waals surface area contributed by atoms with Gasteiger partial charge in [0.15, 0.2) is 17.3 Å². The molecule has 3 rings (SSSR count). The lowest BCUT2D eigenvalue weighted by molar-refractivity contribution is 0.102. The van der Waals surface area contributed by atoms with Crippen LogP contribution in [-0.2, 0) is 0 Å². The van der Waals surface area contributed by atoms with Crippen LogP contribution in [0.3, 0.4) is 0 Å². The monoisotopic (exact) mass is 367 g/mol. The summed E-state index contributed by atoms with van der Waals surface area (Å²) in [5, 5.41) is 1.97. The fourth-order valence-electron chi connectivity index (χ4n) is 2.71. The number of anilines is 1. The molecule has 2 aromatic heterocycles. The third-order valence-electron chi connectivity index (χ3n) is 4.05. The maximum atomic E-state index is 13.6. The van der Waals surface area contributed by atoms with Crippen molar-refractivity contribution in [2.45, 2.75) is 31.8 Å². The van der Waals surface area contributed by atoms with Gasteiger partial charge in [0.05, 0.1) is 25.6 Å². The van der Waals surface area contributed by atoms with Gasteiger partial charge < -0.3 is 14.8 Å². The van der Waals surface area contributed by atoms with Crippen LogP contribution < -0.4 is 14.8 Å². The van der Waals surface area contributed by atoms with E-state index in [4.69, 9.17) is 9.47 Å². The number of aromatic nitrogens is 2. The minimum atomic E-state index is -1.59. The number of nitrogens with one attached hydrogen (secondary N) is 1. The molecule has 1 aliphatic rings. The van der Waals surface area contributed by atoms with Gasteiger partial charge in [0.1, 0.15) is 11.4 Å². The topological polar surface area (TPSA) is 73.3 Å². The number of carbonyl (C=O) groups is 1. The Bertz CT molecular complexity index is 826. The molecular weight excluding hydrogens is 351 g/mol. The molecule has 2 aromatic rings. The third-order valence-corrected chi connectivity index (χ3v) is 4.05. The fraction of sp³-hybridized carbons (Fsp3) is 0.353. The van der Waals surface area contributed by atoms with Crippen molar-refractivity contribution in [1.29, 1.82) is 0 Å². The number of carbonyl (C=O) groups excluding carboxylic acids is 1. The average Bonchev–Trinajstić information content (AvgIpc) is 3.15. The molecule has 0 spiro atoms. The van der Waals surface area contributed by atoms with Gasteiger partial charge in [-0.1, -0.05) is 0 Å². The van der Waals surface area contributed by atoms with Crippen LogP contribution in [-0.4, -0.2) is 29.1 Å². The van der Waals surface area contributed by atoms with E-state index in [-0.39, 0.29) is 11.8 Å². The number of rotatable bonds is 5. The molecular formula is C17H16F3N3O3. The first kappa shape index (κ1) is 18.0. The van der Waals surface area contributed by atoms with Crippen LogP contribution in [0.2, 0.25) is 0 Å². The van der Waals surface area contributed by atoms with E-state index in [1.807, 2.05) is 5.32 Å². The Morgan fingerprint density at radius 3 is 2.58 bits per heavy atom. The van der Waals surface area contributed by atoms with Crippen LogP contribution in [0.15, 0.2) is 18.5 Å². The highest BCUT2D eigenvalue weighted by Gasteiger charge is 2.22. The summed E-state index contributed by atoms with van der Waals surface area (Å²) in [5.41, 5.74) is -1.09. The second-order valence-electron chi connectivity index (χ2n) is 5.78. The van der Waals surface area contributed by atoms with Crippen molar-refractivity contribution in [1.82, 2.24) is 9.97 Å². The second-order valence-corrected chi connectivity index (χ2v) is 5.78. The molecule has 0 bridgehead atoms. The predicted molar refractivity (Wildman–Crippen MR) is 85.7 cm³/mol. The van der Waals surface area contributed by atoms with Crippen LogP contribution in [0, 0.1) is 17.6 Å². The van der Waals surface area contributed by atoms with Gasteiger partial charge in [-0.2, -0.15) is 8.78 Å². The first-order chi connectivity index (χ1) is 12.5. The van der Waals surface area contributed by atoms with E-state index in [0.29, 0.717) is 17.7 Å². The van der Waals surface area contributed by atoms with Crippen molar-refractivity contribution >= 4 is 11.6 Å². The van der Waals surface area contributed by atoms with Gasteiger partial charge in [-0.05, 0) is 25.7 Å². The van der Waals surface area contributed by atoms with Crippen LogP contribution >= 0.6 is 0 Å². The smallest absolute Gasteiger partial charge is 0.274 e. The lowest BCUT2D eigenvalue weighted by Gasteiger charge is -2.16. The quantitative estimate of drug-likeness (QED) is 0.819. The zero-order chi connectivity index (χ0) is 18.7. The lowest BCUT2D eigenvalue weighted by atomic mass is 10.2. The zero-order valence-corrected chi connectivity index (χ0v) is 13.9. The van der Waals surface area contributed by atoms with Gasteiger partial charge >= 0.3 is 0 Å². The number of methoxy groups -OCH3 is 1. The summed E-state index contributed by atoms with van der Waals surface area (Å²) in [5.74, 6) is -4.59. The molecule has 2 heterocycles. The predicted octanol–water partition coefficient (Wildman–Crippen LogP) is 3.48. The maximum Gasteiger partial charge on any atom is 0.274 e. The van der Waals surface area contributed by atoms with Crippen LogP contribution in [0.25, 0.3) is 0 Å². The van der Waals surface area contributed by atoms with E-state index in [1.54, 1.807) is 0 Å². The molecule has 1 N–H and O–H groups in total. The molecule has 0 atom stereocenters. The van der Waals surface area contributed by atoms with Gasteiger partial charge in [0.2, 0.25) is 5.82 Å². The van der Waals surface area contributed by atoms with E-state index in [1.165, 1.54) is 19.4 Å². The molecule has 6 nitrogen and oxygen atoms in total. The van der Waals surface area contributed by atoms with Gasteiger partial charge in [-0.25, -0.2) is 14.4 Å². The molecule has 0 saturated heterocycles. The van der Waals surface area contributed by atoms with Crippen molar-refractivity contribution in [3.05, 3.63) is 41.7 Å². The van der Waals surface area contributed by atoms with Gasteiger partial charge in [-0.3, -0.25) is 4.79 Å². The lowest BCUT2D eigenvalue weighted by Crippen LogP contribution is -2.18. The summed E-state index contributed by atoms with van der Waals surface area (Å²) in [6.07, 6.45) is 5.64. The SMILES string of the molecule is COc1cnc(C(=O)Nc2c(F)cnc(F)c2F)cc1OC1CCCC1. The van der Waals surface area contributed by atoms with Crippen molar-refractivity contribution in [2.75, 3.05) is 12.4 Å². The highest BCUT2D eigenvalue weighted by molar-refractivity contribution is 6.03. The largest absolute Gasteiger partial charge is 0.491 e. The summed E-state index contributed by atoms with van der Waals surface area (Å²) in [6.45, 7) is 0. The van der Waals surface area contributed by atoms with E-state index in [9.17, 15) is 18.0 Å². The third kappa shape index (κ3) is 3.71. The number of amides is 1. The molecule has 0 unspecified atom stereocenters. The van der Waals surface area contributed by atoms with Gasteiger partial charge in [-0.15, -0.1) is 0 Å². The number of pyridine rings is 2. The first-order valence-electron chi connectivity index (χ1n) is 8.01. The molecule has 26 heavy (non-hydrogen) atoms. The van der Waals surface area contributed by atoms with Crippen molar-refractivity contribution < 1.29 is 27.4 Å². The Hall–Kier alpha value is -2.84. The number of hydrogen-bond donors (Lipinski definition) is 1. The summed E-state index contributed by atoms with van der Waals surface area (Å²) in [6, 6.07) is 1.32. The summed E-state index contributed by atoms with van der Waals surface area (Å²) in [7, 11) is 1.43. The Morgan fingerprint density at radius 1 is 1.15 bits per heavy atom. The maximum absolute atomic E-state index is 13.6. The first-order valence-corrected chi connectivity index (χ1v) is 8.01. The normalized spacial score (nSPS) is 14.3. The highest BCUT2D eigenvalue weighted by atomic mass is 19.2. The molecule has 0 aromatic carbocycles. The summed E-state index contributed by atoms with van der Waals surface area (Å²) < 4.78 is 51.4. The van der Waals surface area contributed by atoms with E-state index >= 15 is 0 Å². The van der Waals surface area contributed by atoms with Crippen molar-refractivity contribution in [3.63, 3.8) is 0 Å². The van der Waals surface area contributed by atoms with Crippen LogP contribution in [0.1, 0.15) is 36.2 Å². The van der Waals surface area contributed by atoms with Gasteiger partial charge in [0.25, 0.3) is 11.9 Å². The van der Waals surface area contributed by atoms with E-state index in [0.717, 1.165) is 25.7 Å². The molecule has 0 aliphatic heterocycles. The summed E-state index contributed by atoms with van der Waals surface area (Å²) in [4.78, 5) is 19.1. The Kier molecular flexibility index (Phi) is 5.24. The second kappa shape index (κ2) is 7.59. The standard InChI is InChI=1S/C17H16F3N3O3/c1-25-13-8-21-11(6-12(13)26-9-4-2-3-5-9)17(24)23-15-10(18)7-22-16(20)14(15)19/h6-9H,2-5H2,1H3,(H,22,23,24). The molecule has 1 amide bonds. The van der Waals surface area contributed by atoms with Crippen LogP contribution in [0.5, 0.6) is 11.5 Å². The van der Waals surface area contributed by atoms with Gasteiger partial charge in [0, 0.05) is 6.07 Å². The number of nitrogens with zero attached hydrogens (tertiary/aromatic N) is 2. The Balaban J connectivity index is 1.84.